The van der Waals surface area contributed by atoms with Gasteiger partial charge in [-0.3, -0.25) is 13.9 Å². The van der Waals surface area contributed by atoms with Crippen molar-refractivity contribution in [3.8, 4) is 5.75 Å². The number of ether oxygens (including phenoxy) is 1. The van der Waals surface area contributed by atoms with Crippen LogP contribution in [-0.2, 0) is 32.6 Å². The van der Waals surface area contributed by atoms with Gasteiger partial charge >= 0.3 is 0 Å². The standard InChI is InChI=1S/C35H37ClFN3O5S/c1-25(2)22-38-35(42)32(20-26-10-6-4-7-11-26)39(23-27-14-17-29(37)18-15-27)34(41)24-40(31-21-28(36)16-19-33(31)45-3)46(43,44)30-12-8-5-9-13-30/h4-19,21,25,32H,20,22-24H2,1-3H3,(H,38,42)/t32-/m0/s1. The number of carbonyl (C=O) groups excluding carboxylic acids is 2. The van der Waals surface area contributed by atoms with Crippen molar-refractivity contribution in [2.45, 2.75) is 37.8 Å². The van der Waals surface area contributed by atoms with Crippen molar-refractivity contribution in [3.63, 3.8) is 0 Å². The minimum absolute atomic E-state index is 0.0505. The Balaban J connectivity index is 1.83. The van der Waals surface area contributed by atoms with Crippen molar-refractivity contribution in [3.05, 3.63) is 125 Å². The summed E-state index contributed by atoms with van der Waals surface area (Å²) in [6.45, 7) is 3.52. The van der Waals surface area contributed by atoms with Crippen LogP contribution in [0.15, 0.2) is 108 Å². The monoisotopic (exact) mass is 665 g/mol. The highest BCUT2D eigenvalue weighted by atomic mass is 35.5. The van der Waals surface area contributed by atoms with Crippen LogP contribution in [0.1, 0.15) is 25.0 Å². The zero-order valence-electron chi connectivity index (χ0n) is 25.9. The first-order valence-corrected chi connectivity index (χ1v) is 16.6. The molecule has 4 rings (SSSR count). The van der Waals surface area contributed by atoms with Crippen molar-refractivity contribution >= 4 is 39.1 Å². The topological polar surface area (TPSA) is 96.0 Å². The van der Waals surface area contributed by atoms with Crippen LogP contribution >= 0.6 is 11.6 Å². The molecule has 4 aromatic rings. The van der Waals surface area contributed by atoms with E-state index in [1.807, 2.05) is 44.2 Å². The third kappa shape index (κ3) is 8.86. The van der Waals surface area contributed by atoms with Crippen LogP contribution in [0.5, 0.6) is 5.75 Å². The predicted molar refractivity (Wildman–Crippen MR) is 178 cm³/mol. The largest absolute Gasteiger partial charge is 0.495 e. The smallest absolute Gasteiger partial charge is 0.264 e. The fraction of sp³-hybridized carbons (Fsp3) is 0.257. The van der Waals surface area contributed by atoms with Crippen LogP contribution in [0.25, 0.3) is 0 Å². The van der Waals surface area contributed by atoms with Gasteiger partial charge < -0.3 is 15.0 Å². The van der Waals surface area contributed by atoms with Crippen molar-refractivity contribution in [1.29, 1.82) is 0 Å². The number of methoxy groups -OCH3 is 1. The van der Waals surface area contributed by atoms with Crippen LogP contribution in [0, 0.1) is 11.7 Å². The predicted octanol–water partition coefficient (Wildman–Crippen LogP) is 6.10. The van der Waals surface area contributed by atoms with Crippen molar-refractivity contribution in [2.24, 2.45) is 5.92 Å². The number of nitrogens with zero attached hydrogens (tertiary/aromatic N) is 2. The molecular formula is C35H37ClFN3O5S. The molecule has 11 heteroatoms. The van der Waals surface area contributed by atoms with Crippen LogP contribution in [0.2, 0.25) is 5.02 Å². The van der Waals surface area contributed by atoms with E-state index in [2.05, 4.69) is 5.32 Å². The maximum atomic E-state index is 14.5. The first kappa shape index (κ1) is 34.5. The minimum atomic E-state index is -4.34. The van der Waals surface area contributed by atoms with Gasteiger partial charge in [0.15, 0.2) is 0 Å². The number of amides is 2. The van der Waals surface area contributed by atoms with Gasteiger partial charge in [0.2, 0.25) is 11.8 Å². The van der Waals surface area contributed by atoms with Gasteiger partial charge in [-0.25, -0.2) is 12.8 Å². The van der Waals surface area contributed by atoms with Crippen LogP contribution in [0.4, 0.5) is 10.1 Å². The lowest BCUT2D eigenvalue weighted by atomic mass is 10.0. The molecule has 2 amide bonds. The highest BCUT2D eigenvalue weighted by Gasteiger charge is 2.35. The summed E-state index contributed by atoms with van der Waals surface area (Å²) >= 11 is 6.32. The molecule has 0 heterocycles. The summed E-state index contributed by atoms with van der Waals surface area (Å²) in [6.07, 6.45) is 0.156. The Kier molecular flexibility index (Phi) is 11.8. The number of benzene rings is 4. The molecule has 0 aliphatic rings. The van der Waals surface area contributed by atoms with Crippen LogP contribution in [0.3, 0.4) is 0 Å². The molecule has 0 aromatic heterocycles. The number of hydrogen-bond acceptors (Lipinski definition) is 5. The number of halogens is 2. The lowest BCUT2D eigenvalue weighted by Gasteiger charge is -2.34. The summed E-state index contributed by atoms with van der Waals surface area (Å²) in [5.74, 6) is -1.19. The fourth-order valence-electron chi connectivity index (χ4n) is 4.85. The first-order valence-electron chi connectivity index (χ1n) is 14.8. The second-order valence-electron chi connectivity index (χ2n) is 11.1. The zero-order valence-corrected chi connectivity index (χ0v) is 27.5. The Morgan fingerprint density at radius 2 is 1.52 bits per heavy atom. The second kappa shape index (κ2) is 15.7. The Hall–Kier alpha value is -4.41. The molecule has 4 aromatic carbocycles. The molecule has 1 atom stereocenters. The maximum absolute atomic E-state index is 14.5. The van der Waals surface area contributed by atoms with Gasteiger partial charge in [0.05, 0.1) is 17.7 Å². The summed E-state index contributed by atoms with van der Waals surface area (Å²) in [4.78, 5) is 29.7. The SMILES string of the molecule is COc1ccc(Cl)cc1N(CC(=O)N(Cc1ccc(F)cc1)[C@@H](Cc1ccccc1)C(=O)NCC(C)C)S(=O)(=O)c1ccccc1. The Bertz CT molecular complexity index is 1720. The number of sulfonamides is 1. The Labute approximate surface area is 274 Å². The molecule has 0 saturated carbocycles. The van der Waals surface area contributed by atoms with E-state index >= 15 is 0 Å². The highest BCUT2D eigenvalue weighted by molar-refractivity contribution is 7.92. The molecule has 0 spiro atoms. The maximum Gasteiger partial charge on any atom is 0.264 e. The quantitative estimate of drug-likeness (QED) is 0.176. The van der Waals surface area contributed by atoms with E-state index in [1.54, 1.807) is 24.3 Å². The van der Waals surface area contributed by atoms with Crippen LogP contribution < -0.4 is 14.4 Å². The van der Waals surface area contributed by atoms with Gasteiger partial charge in [-0.15, -0.1) is 0 Å². The number of hydrogen-bond donors (Lipinski definition) is 1. The van der Waals surface area contributed by atoms with E-state index in [1.165, 1.54) is 60.5 Å². The summed E-state index contributed by atoms with van der Waals surface area (Å²) in [5.41, 5.74) is 1.41. The number of carbonyl (C=O) groups is 2. The zero-order chi connectivity index (χ0) is 33.3. The minimum Gasteiger partial charge on any atom is -0.495 e. The average molecular weight is 666 g/mol. The van der Waals surface area contributed by atoms with Crippen LogP contribution in [-0.4, -0.2) is 51.4 Å². The second-order valence-corrected chi connectivity index (χ2v) is 13.4. The molecule has 242 valence electrons. The number of rotatable bonds is 14. The van der Waals surface area contributed by atoms with Gasteiger partial charge in [-0.2, -0.15) is 0 Å². The van der Waals surface area contributed by atoms with E-state index in [4.69, 9.17) is 16.3 Å². The van der Waals surface area contributed by atoms with Gasteiger partial charge in [0.1, 0.15) is 24.2 Å². The van der Waals surface area contributed by atoms with Crippen molar-refractivity contribution < 1.29 is 27.1 Å². The number of anilines is 1. The van der Waals surface area contributed by atoms with Crippen molar-refractivity contribution in [2.75, 3.05) is 24.5 Å². The lowest BCUT2D eigenvalue weighted by molar-refractivity contribution is -0.140. The molecule has 0 unspecified atom stereocenters. The average Bonchev–Trinajstić information content (AvgIpc) is 3.05. The third-order valence-corrected chi connectivity index (χ3v) is 9.25. The molecule has 0 aliphatic heterocycles. The summed E-state index contributed by atoms with van der Waals surface area (Å²) < 4.78 is 48.6. The van der Waals surface area contributed by atoms with Gasteiger partial charge in [-0.1, -0.05) is 86.1 Å². The molecule has 0 radical (unpaired) electrons. The summed E-state index contributed by atoms with van der Waals surface area (Å²) in [7, 11) is -2.95. The van der Waals surface area contributed by atoms with Gasteiger partial charge in [-0.05, 0) is 59.5 Å². The first-order chi connectivity index (χ1) is 22.0. The molecule has 0 bridgehead atoms. The van der Waals surface area contributed by atoms with E-state index in [9.17, 15) is 22.4 Å². The van der Waals surface area contributed by atoms with E-state index < -0.39 is 40.2 Å². The summed E-state index contributed by atoms with van der Waals surface area (Å²) in [6, 6.07) is 26.0. The Morgan fingerprint density at radius 3 is 2.13 bits per heavy atom. The molecule has 0 aliphatic carbocycles. The molecule has 0 saturated heterocycles. The fourth-order valence-corrected chi connectivity index (χ4v) is 6.46. The molecule has 0 fully saturated rings. The molecule has 1 N–H and O–H groups in total. The molecule has 46 heavy (non-hydrogen) atoms. The molecular weight excluding hydrogens is 629 g/mol. The third-order valence-electron chi connectivity index (χ3n) is 7.24. The van der Waals surface area contributed by atoms with Crippen molar-refractivity contribution in [1.82, 2.24) is 10.2 Å². The van der Waals surface area contributed by atoms with E-state index in [-0.39, 0.29) is 40.2 Å². The highest BCUT2D eigenvalue weighted by Crippen LogP contribution is 2.35. The van der Waals surface area contributed by atoms with E-state index in [0.29, 0.717) is 12.1 Å². The summed E-state index contributed by atoms with van der Waals surface area (Å²) in [5, 5.41) is 3.17. The lowest BCUT2D eigenvalue weighted by Crippen LogP contribution is -2.53. The number of nitrogens with one attached hydrogen (secondary N) is 1. The Morgan fingerprint density at radius 1 is 0.891 bits per heavy atom. The van der Waals surface area contributed by atoms with E-state index in [0.717, 1.165) is 9.87 Å². The normalized spacial score (nSPS) is 12.0. The molecule has 8 nitrogen and oxygen atoms in total. The van der Waals surface area contributed by atoms with Gasteiger partial charge in [0, 0.05) is 24.5 Å². The van der Waals surface area contributed by atoms with Gasteiger partial charge in [0.25, 0.3) is 10.0 Å².